The molecule has 0 N–H and O–H groups in total. The van der Waals surface area contributed by atoms with Crippen LogP contribution in [0, 0.1) is 6.92 Å². The zero-order chi connectivity index (χ0) is 22.4. The lowest BCUT2D eigenvalue weighted by molar-refractivity contribution is 0.716. The van der Waals surface area contributed by atoms with Gasteiger partial charge in [0.2, 0.25) is 0 Å². The number of benzene rings is 4. The molecule has 0 nitrogen and oxygen atoms in total. The number of fused-ring (bicyclic) bond motifs is 2. The van der Waals surface area contributed by atoms with Gasteiger partial charge in [-0.2, -0.15) is 0 Å². The molecule has 160 valence electrons. The first-order chi connectivity index (χ1) is 16.2. The van der Waals surface area contributed by atoms with Crippen molar-refractivity contribution < 1.29 is 0 Å². The predicted octanol–water partition coefficient (Wildman–Crippen LogP) is 8.30. The predicted molar refractivity (Wildman–Crippen MR) is 145 cm³/mol. The molecular weight excluding hydrogens is 415 g/mol. The van der Waals surface area contributed by atoms with Crippen LogP contribution in [0.15, 0.2) is 108 Å². The first kappa shape index (κ1) is 20.4. The normalized spacial score (nSPS) is 18.8. The Morgan fingerprint density at radius 3 is 2.18 bits per heavy atom. The van der Waals surface area contributed by atoms with Gasteiger partial charge in [0.05, 0.1) is 0 Å². The van der Waals surface area contributed by atoms with Crippen molar-refractivity contribution in [3.63, 3.8) is 0 Å². The van der Waals surface area contributed by atoms with E-state index < -0.39 is 0 Å². The Morgan fingerprint density at radius 1 is 0.606 bits per heavy atom. The summed E-state index contributed by atoms with van der Waals surface area (Å²) in [5.41, 5.74) is 11.3. The van der Waals surface area contributed by atoms with E-state index >= 15 is 0 Å². The maximum Gasteiger partial charge on any atom is 0.0207 e. The van der Waals surface area contributed by atoms with E-state index in [9.17, 15) is 0 Å². The molecule has 1 heteroatoms. The molecule has 2 aliphatic carbocycles. The van der Waals surface area contributed by atoms with Gasteiger partial charge in [0, 0.05) is 11.8 Å². The summed E-state index contributed by atoms with van der Waals surface area (Å²) < 4.78 is 0. The Morgan fingerprint density at radius 2 is 1.33 bits per heavy atom. The molecule has 0 amide bonds. The molecule has 3 atom stereocenters. The molecule has 0 radical (unpaired) electrons. The Kier molecular flexibility index (Phi) is 5.12. The van der Waals surface area contributed by atoms with Crippen LogP contribution in [0.1, 0.15) is 46.6 Å². The van der Waals surface area contributed by atoms with Crippen molar-refractivity contribution in [1.29, 1.82) is 0 Å². The molecule has 33 heavy (non-hydrogen) atoms. The van der Waals surface area contributed by atoms with E-state index in [0.29, 0.717) is 20.4 Å². The van der Waals surface area contributed by atoms with Crippen molar-refractivity contribution in [2.24, 2.45) is 0 Å². The molecule has 3 unspecified atom stereocenters. The van der Waals surface area contributed by atoms with Gasteiger partial charge >= 0.3 is 0 Å². The average molecular weight is 443 g/mol. The SMILES string of the molecule is CC1=Cc2cccc(-c3ccccc3)c2C1C1C(Pc2ccccc2C)=Cc2ccccc21. The summed E-state index contributed by atoms with van der Waals surface area (Å²) in [5, 5.41) is 3.01. The Bertz CT molecular complexity index is 1410. The van der Waals surface area contributed by atoms with E-state index in [1.165, 1.54) is 49.8 Å². The number of aryl methyl sites for hydroxylation is 1. The highest BCUT2D eigenvalue weighted by atomic mass is 31.1. The maximum atomic E-state index is 2.47. The lowest BCUT2D eigenvalue weighted by Crippen LogP contribution is -2.13. The average Bonchev–Trinajstić information content (AvgIpc) is 3.36. The van der Waals surface area contributed by atoms with Crippen LogP contribution >= 0.6 is 8.58 Å². The standard InChI is InChI=1S/C32H27P/c1-21-11-6-9-18-28(21)33-29-20-24-14-7-8-16-27(24)32(29)30-22(2)19-25-15-10-17-26(31(25)30)23-12-4-3-5-13-23/h3-20,30,32-33H,1-2H3. The lowest BCUT2D eigenvalue weighted by Gasteiger charge is -2.28. The van der Waals surface area contributed by atoms with Gasteiger partial charge in [-0.05, 0) is 63.4 Å². The van der Waals surface area contributed by atoms with Crippen molar-refractivity contribution in [3.8, 4) is 11.1 Å². The first-order valence-electron chi connectivity index (χ1n) is 11.7. The highest BCUT2D eigenvalue weighted by molar-refractivity contribution is 7.52. The molecule has 4 aromatic carbocycles. The summed E-state index contributed by atoms with van der Waals surface area (Å²) in [6.45, 7) is 4.57. The van der Waals surface area contributed by atoms with Crippen LogP contribution in [-0.2, 0) is 0 Å². The maximum absolute atomic E-state index is 2.47. The van der Waals surface area contributed by atoms with Gasteiger partial charge in [0.1, 0.15) is 0 Å². The van der Waals surface area contributed by atoms with Crippen molar-refractivity contribution in [2.75, 3.05) is 0 Å². The van der Waals surface area contributed by atoms with Crippen LogP contribution in [0.25, 0.3) is 23.3 Å². The third kappa shape index (κ3) is 3.50. The van der Waals surface area contributed by atoms with Crippen LogP contribution in [-0.4, -0.2) is 0 Å². The summed E-state index contributed by atoms with van der Waals surface area (Å²) in [6, 6.07) is 35.6. The fourth-order valence-corrected chi connectivity index (χ4v) is 7.09. The smallest absolute Gasteiger partial charge is 0.0207 e. The molecule has 2 aliphatic rings. The summed E-state index contributed by atoms with van der Waals surface area (Å²) in [7, 11) is 0.684. The fraction of sp³-hybridized carbons (Fsp3) is 0.125. The third-order valence-electron chi connectivity index (χ3n) is 7.14. The highest BCUT2D eigenvalue weighted by Gasteiger charge is 2.38. The van der Waals surface area contributed by atoms with Crippen molar-refractivity contribution >= 4 is 26.0 Å². The van der Waals surface area contributed by atoms with Gasteiger partial charge in [-0.3, -0.25) is 0 Å². The second-order valence-corrected chi connectivity index (χ2v) is 10.6. The van der Waals surface area contributed by atoms with Crippen molar-refractivity contribution in [3.05, 3.63) is 136 Å². The Balaban J connectivity index is 1.51. The zero-order valence-electron chi connectivity index (χ0n) is 19.0. The van der Waals surface area contributed by atoms with Crippen LogP contribution < -0.4 is 5.30 Å². The second kappa shape index (κ2) is 8.29. The molecule has 0 spiro atoms. The van der Waals surface area contributed by atoms with E-state index in [-0.39, 0.29) is 0 Å². The van der Waals surface area contributed by atoms with Crippen LogP contribution in [0.5, 0.6) is 0 Å². The molecule has 0 aliphatic heterocycles. The zero-order valence-corrected chi connectivity index (χ0v) is 20.0. The van der Waals surface area contributed by atoms with E-state index in [1.54, 1.807) is 5.31 Å². The minimum Gasteiger partial charge on any atom is -0.0642 e. The molecule has 0 heterocycles. The summed E-state index contributed by atoms with van der Waals surface area (Å²) in [6.07, 6.45) is 4.89. The molecule has 0 saturated carbocycles. The van der Waals surface area contributed by atoms with E-state index in [0.717, 1.165) is 0 Å². The molecule has 0 fully saturated rings. The number of allylic oxidation sites excluding steroid dienone is 2. The van der Waals surface area contributed by atoms with E-state index in [4.69, 9.17) is 0 Å². The van der Waals surface area contributed by atoms with E-state index in [1.807, 2.05) is 0 Å². The molecular formula is C32H27P. The Labute approximate surface area is 198 Å². The van der Waals surface area contributed by atoms with Gasteiger partial charge in [0.15, 0.2) is 0 Å². The minimum absolute atomic E-state index is 0.364. The first-order valence-corrected chi connectivity index (χ1v) is 12.7. The van der Waals surface area contributed by atoms with Gasteiger partial charge in [-0.25, -0.2) is 0 Å². The van der Waals surface area contributed by atoms with Crippen LogP contribution in [0.2, 0.25) is 0 Å². The minimum atomic E-state index is 0.364. The second-order valence-electron chi connectivity index (χ2n) is 9.19. The van der Waals surface area contributed by atoms with Gasteiger partial charge in [0.25, 0.3) is 0 Å². The number of hydrogen-bond donors (Lipinski definition) is 0. The third-order valence-corrected chi connectivity index (χ3v) is 8.72. The summed E-state index contributed by atoms with van der Waals surface area (Å²) in [4.78, 5) is 0. The fourth-order valence-electron chi connectivity index (χ4n) is 5.61. The van der Waals surface area contributed by atoms with Crippen molar-refractivity contribution in [1.82, 2.24) is 0 Å². The van der Waals surface area contributed by atoms with E-state index in [2.05, 4.69) is 123 Å². The van der Waals surface area contributed by atoms with Crippen molar-refractivity contribution in [2.45, 2.75) is 25.7 Å². The quantitative estimate of drug-likeness (QED) is 0.279. The molecule has 6 rings (SSSR count). The number of hydrogen-bond acceptors (Lipinski definition) is 0. The van der Waals surface area contributed by atoms with Gasteiger partial charge < -0.3 is 0 Å². The van der Waals surface area contributed by atoms with Gasteiger partial charge in [-0.15, -0.1) is 0 Å². The molecule has 4 aromatic rings. The lowest BCUT2D eigenvalue weighted by atomic mass is 9.78. The summed E-state index contributed by atoms with van der Waals surface area (Å²) >= 11 is 0. The van der Waals surface area contributed by atoms with Crippen LogP contribution in [0.4, 0.5) is 0 Å². The highest BCUT2D eigenvalue weighted by Crippen LogP contribution is 2.57. The topological polar surface area (TPSA) is 0 Å². The molecule has 0 bridgehead atoms. The number of rotatable bonds is 4. The summed E-state index contributed by atoms with van der Waals surface area (Å²) in [5.74, 6) is 0.740. The van der Waals surface area contributed by atoms with Crippen LogP contribution in [0.3, 0.4) is 0 Å². The largest absolute Gasteiger partial charge is 0.0642 e. The Hall–Kier alpha value is -3.21. The molecule has 0 aromatic heterocycles. The van der Waals surface area contributed by atoms with Gasteiger partial charge in [-0.1, -0.05) is 123 Å². The molecule has 0 saturated heterocycles. The monoisotopic (exact) mass is 442 g/mol.